The lowest BCUT2D eigenvalue weighted by molar-refractivity contribution is -0.148. The summed E-state index contributed by atoms with van der Waals surface area (Å²) in [6.45, 7) is 1.69. The zero-order chi connectivity index (χ0) is 14.2. The van der Waals surface area contributed by atoms with Crippen LogP contribution in [-0.4, -0.2) is 37.7 Å². The maximum absolute atomic E-state index is 12.0. The minimum atomic E-state index is -3.45. The van der Waals surface area contributed by atoms with Crippen LogP contribution in [0.15, 0.2) is 23.1 Å². The second kappa shape index (κ2) is 4.65. The summed E-state index contributed by atoms with van der Waals surface area (Å²) in [5.74, 6) is -2.94. The molecule has 1 aliphatic rings. The third-order valence-electron chi connectivity index (χ3n) is 3.08. The number of rotatable bonds is 1. The Bertz CT molecular complexity index is 650. The Kier molecular flexibility index (Phi) is 3.32. The smallest absolute Gasteiger partial charge is 0.394 e. The molecule has 0 spiro atoms. The van der Waals surface area contributed by atoms with Crippen LogP contribution in [0.4, 0.5) is 5.69 Å². The van der Waals surface area contributed by atoms with Gasteiger partial charge < -0.3 is 10.0 Å². The average Bonchev–Trinajstić information content (AvgIpc) is 2.37. The van der Waals surface area contributed by atoms with Crippen molar-refractivity contribution in [1.82, 2.24) is 0 Å². The molecule has 19 heavy (non-hydrogen) atoms. The number of carboxylic acid groups (broad SMARTS) is 1. The van der Waals surface area contributed by atoms with E-state index in [4.69, 9.17) is 5.11 Å². The molecule has 0 fully saturated rings. The summed E-state index contributed by atoms with van der Waals surface area (Å²) in [7, 11) is -3.45. The van der Waals surface area contributed by atoms with Gasteiger partial charge >= 0.3 is 11.9 Å². The minimum Gasteiger partial charge on any atom is -0.474 e. The topological polar surface area (TPSA) is 91.8 Å². The molecule has 0 saturated heterocycles. The van der Waals surface area contributed by atoms with Crippen LogP contribution in [0.1, 0.15) is 12.5 Å². The van der Waals surface area contributed by atoms with Gasteiger partial charge in [-0.1, -0.05) is 19.1 Å². The SMILES string of the molecule is CCc1cccc2c1N(C(=O)C(=O)O)CCS2(=O)=O. The quantitative estimate of drug-likeness (QED) is 0.756. The zero-order valence-electron chi connectivity index (χ0n) is 10.3. The van der Waals surface area contributed by atoms with Crippen molar-refractivity contribution >= 4 is 27.4 Å². The first-order valence-corrected chi connectivity index (χ1v) is 7.43. The number of aryl methyl sites for hydroxylation is 1. The highest BCUT2D eigenvalue weighted by Crippen LogP contribution is 2.34. The Morgan fingerprint density at radius 1 is 1.37 bits per heavy atom. The number of sulfone groups is 1. The van der Waals surface area contributed by atoms with E-state index in [1.165, 1.54) is 6.07 Å². The van der Waals surface area contributed by atoms with Crippen LogP contribution in [0.25, 0.3) is 0 Å². The van der Waals surface area contributed by atoms with Crippen molar-refractivity contribution < 1.29 is 23.1 Å². The fourth-order valence-corrected chi connectivity index (χ4v) is 3.63. The lowest BCUT2D eigenvalue weighted by Gasteiger charge is -2.29. The maximum atomic E-state index is 12.0. The Morgan fingerprint density at radius 3 is 2.63 bits per heavy atom. The van der Waals surface area contributed by atoms with Crippen molar-refractivity contribution in [3.05, 3.63) is 23.8 Å². The van der Waals surface area contributed by atoms with Gasteiger partial charge in [0, 0.05) is 6.54 Å². The first kappa shape index (κ1) is 13.5. The van der Waals surface area contributed by atoms with Crippen LogP contribution in [0.3, 0.4) is 0 Å². The predicted octanol–water partition coefficient (Wildman–Crippen LogP) is 0.454. The number of hydrogen-bond donors (Lipinski definition) is 1. The second-order valence-corrected chi connectivity index (χ2v) is 6.28. The van der Waals surface area contributed by atoms with E-state index in [2.05, 4.69) is 0 Å². The lowest BCUT2D eigenvalue weighted by atomic mass is 10.1. The van der Waals surface area contributed by atoms with E-state index in [9.17, 15) is 18.0 Å². The molecule has 2 rings (SSSR count). The van der Waals surface area contributed by atoms with Crippen molar-refractivity contribution in [2.75, 3.05) is 17.2 Å². The van der Waals surface area contributed by atoms with Gasteiger partial charge in [-0.15, -0.1) is 0 Å². The number of carboxylic acids is 1. The van der Waals surface area contributed by atoms with Crippen molar-refractivity contribution in [2.24, 2.45) is 0 Å². The first-order valence-electron chi connectivity index (χ1n) is 5.78. The van der Waals surface area contributed by atoms with Crippen LogP contribution in [0, 0.1) is 0 Å². The van der Waals surface area contributed by atoms with Gasteiger partial charge in [-0.05, 0) is 18.1 Å². The third kappa shape index (κ3) is 2.21. The molecule has 0 atom stereocenters. The molecule has 0 radical (unpaired) electrons. The predicted molar refractivity (Wildman–Crippen MR) is 67.9 cm³/mol. The summed E-state index contributed by atoms with van der Waals surface area (Å²) in [5.41, 5.74) is 0.860. The fraction of sp³-hybridized carbons (Fsp3) is 0.333. The number of nitrogens with zero attached hydrogens (tertiary/aromatic N) is 1. The van der Waals surface area contributed by atoms with E-state index in [0.717, 1.165) is 4.90 Å². The van der Waals surface area contributed by atoms with E-state index in [1.807, 2.05) is 6.92 Å². The summed E-state index contributed by atoms with van der Waals surface area (Å²) in [6, 6.07) is 4.71. The van der Waals surface area contributed by atoms with Crippen molar-refractivity contribution in [2.45, 2.75) is 18.2 Å². The third-order valence-corrected chi connectivity index (χ3v) is 4.80. The number of para-hydroxylation sites is 1. The largest absolute Gasteiger partial charge is 0.474 e. The van der Waals surface area contributed by atoms with Crippen molar-refractivity contribution in [3.8, 4) is 0 Å². The zero-order valence-corrected chi connectivity index (χ0v) is 11.1. The van der Waals surface area contributed by atoms with Crippen LogP contribution < -0.4 is 4.90 Å². The average molecular weight is 283 g/mol. The molecule has 0 saturated carbocycles. The Balaban J connectivity index is 2.68. The summed E-state index contributed by atoms with van der Waals surface area (Å²) in [6.07, 6.45) is 0.516. The van der Waals surface area contributed by atoms with Gasteiger partial charge in [-0.25, -0.2) is 13.2 Å². The molecule has 7 heteroatoms. The number of benzene rings is 1. The number of fused-ring (bicyclic) bond motifs is 1. The van der Waals surface area contributed by atoms with Crippen LogP contribution in [0.2, 0.25) is 0 Å². The molecule has 1 N–H and O–H groups in total. The van der Waals surface area contributed by atoms with Gasteiger partial charge in [0.15, 0.2) is 9.84 Å². The normalized spacial score (nSPS) is 16.8. The van der Waals surface area contributed by atoms with Crippen molar-refractivity contribution in [1.29, 1.82) is 0 Å². The van der Waals surface area contributed by atoms with Gasteiger partial charge in [0.25, 0.3) is 0 Å². The summed E-state index contributed by atoms with van der Waals surface area (Å²) in [4.78, 5) is 23.6. The summed E-state index contributed by atoms with van der Waals surface area (Å²) >= 11 is 0. The van der Waals surface area contributed by atoms with E-state index < -0.39 is 21.7 Å². The Morgan fingerprint density at radius 2 is 2.05 bits per heavy atom. The molecule has 102 valence electrons. The molecule has 1 aromatic rings. The standard InChI is InChI=1S/C12H13NO5S/c1-2-8-4-3-5-9-10(8)13(11(14)12(15)16)6-7-19(9,17)18/h3-5H,2,6-7H2,1H3,(H,15,16). The fourth-order valence-electron chi connectivity index (χ4n) is 2.16. The van der Waals surface area contributed by atoms with Gasteiger partial charge in [-0.3, -0.25) is 4.79 Å². The first-order chi connectivity index (χ1) is 8.88. The van der Waals surface area contributed by atoms with Gasteiger partial charge in [0.05, 0.1) is 16.3 Å². The van der Waals surface area contributed by atoms with Crippen molar-refractivity contribution in [3.63, 3.8) is 0 Å². The highest BCUT2D eigenvalue weighted by atomic mass is 32.2. The number of aliphatic carboxylic acids is 1. The lowest BCUT2D eigenvalue weighted by Crippen LogP contribution is -2.43. The second-order valence-electron chi connectivity index (χ2n) is 4.20. The highest BCUT2D eigenvalue weighted by molar-refractivity contribution is 7.91. The molecular formula is C12H13NO5S. The number of amides is 1. The molecule has 1 aliphatic heterocycles. The molecule has 1 aromatic carbocycles. The summed E-state index contributed by atoms with van der Waals surface area (Å²) < 4.78 is 24.0. The van der Waals surface area contributed by atoms with Crippen LogP contribution in [-0.2, 0) is 25.8 Å². The van der Waals surface area contributed by atoms with E-state index in [1.54, 1.807) is 12.1 Å². The molecule has 6 nitrogen and oxygen atoms in total. The number of hydrogen-bond acceptors (Lipinski definition) is 4. The Hall–Kier alpha value is -1.89. The van der Waals surface area contributed by atoms with Crippen LogP contribution in [0.5, 0.6) is 0 Å². The number of carbonyl (C=O) groups is 2. The monoisotopic (exact) mass is 283 g/mol. The van der Waals surface area contributed by atoms with E-state index in [0.29, 0.717) is 12.0 Å². The van der Waals surface area contributed by atoms with Crippen LogP contribution >= 0.6 is 0 Å². The number of anilines is 1. The van der Waals surface area contributed by atoms with Gasteiger partial charge in [-0.2, -0.15) is 0 Å². The molecule has 0 unspecified atom stereocenters. The van der Waals surface area contributed by atoms with E-state index >= 15 is 0 Å². The molecule has 1 heterocycles. The maximum Gasteiger partial charge on any atom is 0.394 e. The highest BCUT2D eigenvalue weighted by Gasteiger charge is 2.35. The van der Waals surface area contributed by atoms with Gasteiger partial charge in [0.2, 0.25) is 0 Å². The van der Waals surface area contributed by atoms with E-state index in [-0.39, 0.29) is 22.9 Å². The van der Waals surface area contributed by atoms with Gasteiger partial charge in [0.1, 0.15) is 0 Å². The molecule has 1 amide bonds. The molecule has 0 aliphatic carbocycles. The summed E-state index contributed by atoms with van der Waals surface area (Å²) in [5, 5.41) is 8.81. The minimum absolute atomic E-state index is 0.0349. The molecule has 0 bridgehead atoms. The molecular weight excluding hydrogens is 270 g/mol. The number of carbonyl (C=O) groups excluding carboxylic acids is 1. The Labute approximate surface area is 110 Å². The molecule has 0 aromatic heterocycles.